The van der Waals surface area contributed by atoms with Crippen molar-refractivity contribution in [1.29, 1.82) is 0 Å². The van der Waals surface area contributed by atoms with E-state index in [0.29, 0.717) is 0 Å². The van der Waals surface area contributed by atoms with E-state index in [2.05, 4.69) is 0 Å². The molecule has 0 amide bonds. The third-order valence-corrected chi connectivity index (χ3v) is 0.0630. The highest BCUT2D eigenvalue weighted by Gasteiger charge is 2.24. The largest absolute Gasteiger partial charge is 0.559 e. The molecule has 6 heteroatoms. The summed E-state index contributed by atoms with van der Waals surface area (Å²) in [5, 5.41) is 0. The van der Waals surface area contributed by atoms with Crippen LogP contribution in [-0.4, -0.2) is 19.4 Å². The highest BCUT2D eigenvalue weighted by atomic mass is 19.5. The molecule has 0 radical (unpaired) electrons. The lowest BCUT2D eigenvalue weighted by Crippen LogP contribution is -1.92. The monoisotopic (exact) mass is 150 g/mol. The van der Waals surface area contributed by atoms with E-state index in [9.17, 15) is 22.0 Å². The van der Waals surface area contributed by atoms with Gasteiger partial charge in [0.15, 0.2) is 6.29 Å². The van der Waals surface area contributed by atoms with Crippen LogP contribution >= 0.6 is 0 Å². The van der Waals surface area contributed by atoms with Crippen LogP contribution in [0.1, 0.15) is 0 Å². The minimum absolute atomic E-state index is 0.208. The summed E-state index contributed by atoms with van der Waals surface area (Å²) in [7, 11) is 0. The number of carbonyl (C=O) groups is 1. The quantitative estimate of drug-likeness (QED) is 0.410. The normalized spacial score (nSPS) is 9.44. The molecule has 0 saturated heterocycles. The van der Waals surface area contributed by atoms with Crippen LogP contribution < -0.4 is 0 Å². The molecule has 0 spiro atoms. The van der Waals surface area contributed by atoms with Crippen LogP contribution in [0.2, 0.25) is 0 Å². The molecule has 0 heterocycles. The second-order valence-electron chi connectivity index (χ2n) is 0.750. The molecule has 0 aromatic heterocycles. The van der Waals surface area contributed by atoms with Crippen LogP contribution in [0.4, 0.5) is 22.0 Å². The van der Waals surface area contributed by atoms with Crippen molar-refractivity contribution in [2.75, 3.05) is 6.67 Å². The molecular formula is C3H3F5O. The van der Waals surface area contributed by atoms with Crippen LogP contribution in [0.15, 0.2) is 0 Å². The smallest absolute Gasteiger partial charge is 0.300 e. The molecule has 0 N–H and O–H groups in total. The Kier molecular flexibility index (Phi) is 6.77. The Balaban J connectivity index is 0. The maximum Gasteiger partial charge on any atom is 0.559 e. The molecule has 0 atom stereocenters. The predicted molar refractivity (Wildman–Crippen MR) is 19.2 cm³/mol. The van der Waals surface area contributed by atoms with Gasteiger partial charge in [-0.15, -0.1) is 17.6 Å². The minimum Gasteiger partial charge on any atom is -0.300 e. The minimum atomic E-state index is -5.50. The van der Waals surface area contributed by atoms with Crippen LogP contribution in [0, 0.1) is 0 Å². The molecule has 0 rings (SSSR count). The first-order valence-corrected chi connectivity index (χ1v) is 1.67. The van der Waals surface area contributed by atoms with Gasteiger partial charge in [0.05, 0.1) is 0 Å². The van der Waals surface area contributed by atoms with Crippen LogP contribution in [0.3, 0.4) is 0 Å². The van der Waals surface area contributed by atoms with E-state index in [1.165, 1.54) is 0 Å². The fourth-order valence-electron chi connectivity index (χ4n) is 0. The van der Waals surface area contributed by atoms with Gasteiger partial charge in [0.1, 0.15) is 6.67 Å². The number of rotatable bonds is 1. The van der Waals surface area contributed by atoms with Crippen molar-refractivity contribution in [3.63, 3.8) is 0 Å². The summed E-state index contributed by atoms with van der Waals surface area (Å²) in [5.74, 6) is 0. The fourth-order valence-corrected chi connectivity index (χ4v) is 0. The SMILES string of the molecule is FC(F)(F)F.O=CCF. The van der Waals surface area contributed by atoms with Crippen molar-refractivity contribution in [2.24, 2.45) is 0 Å². The van der Waals surface area contributed by atoms with E-state index in [-0.39, 0.29) is 6.29 Å². The summed E-state index contributed by atoms with van der Waals surface area (Å²) in [4.78, 5) is 8.80. The number of carbonyl (C=O) groups excluding carboxylic acids is 1. The fraction of sp³-hybridized carbons (Fsp3) is 0.667. The highest BCUT2D eigenvalue weighted by Crippen LogP contribution is 2.13. The standard InChI is InChI=1S/C2H3FO.CF4/c3-1-2-4;2-1(3,4)5/h2H,1H2;. The van der Waals surface area contributed by atoms with Crippen LogP contribution in [-0.2, 0) is 4.79 Å². The maximum atomic E-state index is 10.4. The second-order valence-corrected chi connectivity index (χ2v) is 0.750. The van der Waals surface area contributed by atoms with E-state index in [0.717, 1.165) is 0 Å². The highest BCUT2D eigenvalue weighted by molar-refractivity contribution is 5.50. The summed E-state index contributed by atoms with van der Waals surface area (Å²) in [6.07, 6.45) is -5.29. The first-order valence-electron chi connectivity index (χ1n) is 1.67. The van der Waals surface area contributed by atoms with Gasteiger partial charge in [0, 0.05) is 0 Å². The molecule has 0 aliphatic heterocycles. The zero-order valence-electron chi connectivity index (χ0n) is 4.08. The Labute approximate surface area is 47.5 Å². The van der Waals surface area contributed by atoms with Gasteiger partial charge >= 0.3 is 6.43 Å². The molecule has 0 unspecified atom stereocenters. The molecule has 9 heavy (non-hydrogen) atoms. The van der Waals surface area contributed by atoms with Gasteiger partial charge in [-0.3, -0.25) is 0 Å². The van der Waals surface area contributed by atoms with Gasteiger partial charge in [-0.25, -0.2) is 4.39 Å². The van der Waals surface area contributed by atoms with Gasteiger partial charge in [0.2, 0.25) is 0 Å². The Hall–Kier alpha value is -0.680. The second kappa shape index (κ2) is 5.46. The average molecular weight is 150 g/mol. The Bertz CT molecular complexity index is 61.1. The molecule has 56 valence electrons. The van der Waals surface area contributed by atoms with Gasteiger partial charge in [-0.05, 0) is 0 Å². The molecule has 0 aliphatic rings. The number of alkyl halides is 5. The van der Waals surface area contributed by atoms with E-state index in [4.69, 9.17) is 4.79 Å². The molecule has 1 nitrogen and oxygen atoms in total. The molecule has 0 fully saturated rings. The van der Waals surface area contributed by atoms with E-state index < -0.39 is 13.1 Å². The van der Waals surface area contributed by atoms with Gasteiger partial charge in [-0.1, -0.05) is 0 Å². The van der Waals surface area contributed by atoms with Crippen molar-refractivity contribution in [3.8, 4) is 0 Å². The molecule has 0 bridgehead atoms. The first-order chi connectivity index (χ1) is 3.91. The van der Waals surface area contributed by atoms with E-state index in [1.54, 1.807) is 0 Å². The van der Waals surface area contributed by atoms with Crippen molar-refractivity contribution in [2.45, 2.75) is 6.43 Å². The van der Waals surface area contributed by atoms with Gasteiger partial charge in [0.25, 0.3) is 0 Å². The van der Waals surface area contributed by atoms with Crippen LogP contribution in [0.5, 0.6) is 0 Å². The molecule has 0 aromatic carbocycles. The van der Waals surface area contributed by atoms with Crippen LogP contribution in [0.25, 0.3) is 0 Å². The summed E-state index contributed by atoms with van der Waals surface area (Å²) in [5.41, 5.74) is 0. The van der Waals surface area contributed by atoms with Crippen molar-refractivity contribution in [1.82, 2.24) is 0 Å². The number of hydrogen-bond acceptors (Lipinski definition) is 1. The lowest BCUT2D eigenvalue weighted by molar-refractivity contribution is -0.237. The van der Waals surface area contributed by atoms with Gasteiger partial charge in [-0.2, -0.15) is 0 Å². The topological polar surface area (TPSA) is 17.1 Å². The average Bonchev–Trinajstić information content (AvgIpc) is 1.61. The third kappa shape index (κ3) is 2020. The number of hydrogen-bond donors (Lipinski definition) is 0. The van der Waals surface area contributed by atoms with E-state index in [1.807, 2.05) is 0 Å². The molecule has 0 aromatic rings. The first kappa shape index (κ1) is 11.2. The van der Waals surface area contributed by atoms with E-state index >= 15 is 0 Å². The third-order valence-electron chi connectivity index (χ3n) is 0.0630. The predicted octanol–water partition coefficient (Wildman–Crippen LogP) is 1.63. The Morgan fingerprint density at radius 2 is 1.33 bits per heavy atom. The molecule has 0 aliphatic carbocycles. The Morgan fingerprint density at radius 1 is 1.22 bits per heavy atom. The number of aldehydes is 1. The lowest BCUT2D eigenvalue weighted by Gasteiger charge is -1.82. The zero-order valence-corrected chi connectivity index (χ0v) is 4.08. The van der Waals surface area contributed by atoms with Crippen molar-refractivity contribution >= 4 is 6.29 Å². The maximum absolute atomic E-state index is 10.4. The zero-order chi connectivity index (χ0) is 7.91. The molecular weight excluding hydrogens is 147 g/mol. The van der Waals surface area contributed by atoms with Crippen molar-refractivity contribution < 1.29 is 26.7 Å². The van der Waals surface area contributed by atoms with Gasteiger partial charge < -0.3 is 4.79 Å². The van der Waals surface area contributed by atoms with Crippen molar-refractivity contribution in [3.05, 3.63) is 0 Å². The number of halogens is 5. The summed E-state index contributed by atoms with van der Waals surface area (Å²) in [6, 6.07) is 0. The Morgan fingerprint density at radius 3 is 1.33 bits per heavy atom. The molecule has 0 saturated carbocycles. The lowest BCUT2D eigenvalue weighted by atomic mass is 10.9. The summed E-state index contributed by atoms with van der Waals surface area (Å²) >= 11 is 0. The summed E-state index contributed by atoms with van der Waals surface area (Å²) < 4.78 is 49.1. The summed E-state index contributed by atoms with van der Waals surface area (Å²) in [6.45, 7) is -0.861.